The monoisotopic (exact) mass is 345 g/mol. The molecule has 2 amide bonds. The fourth-order valence-electron chi connectivity index (χ4n) is 2.67. The van der Waals surface area contributed by atoms with Crippen molar-refractivity contribution in [3.8, 4) is 0 Å². The third-order valence-electron chi connectivity index (χ3n) is 3.83. The maximum absolute atomic E-state index is 12.7. The first kappa shape index (κ1) is 16.2. The van der Waals surface area contributed by atoms with Crippen LogP contribution in [-0.2, 0) is 4.79 Å². The third kappa shape index (κ3) is 3.16. The van der Waals surface area contributed by atoms with E-state index in [9.17, 15) is 9.59 Å². The summed E-state index contributed by atoms with van der Waals surface area (Å²) in [5, 5.41) is 3.19. The van der Waals surface area contributed by atoms with Crippen molar-refractivity contribution in [3.05, 3.63) is 47.4 Å². The van der Waals surface area contributed by atoms with E-state index in [4.69, 9.17) is 17.3 Å². The molecule has 0 aliphatic carbocycles. The molecule has 2 heterocycles. The summed E-state index contributed by atoms with van der Waals surface area (Å²) in [5.74, 6) is -0.689. The zero-order valence-electron chi connectivity index (χ0n) is 12.8. The van der Waals surface area contributed by atoms with E-state index >= 15 is 0 Å². The number of para-hydroxylation sites is 1. The van der Waals surface area contributed by atoms with Crippen LogP contribution in [0.2, 0.25) is 5.02 Å². The number of carbonyl (C=O) groups excluding carboxylic acids is 2. The fraction of sp³-hybridized carbons (Fsp3) is 0.250. The van der Waals surface area contributed by atoms with Crippen molar-refractivity contribution in [3.63, 3.8) is 0 Å². The third-order valence-corrected chi connectivity index (χ3v) is 4.15. The van der Waals surface area contributed by atoms with Crippen molar-refractivity contribution in [2.45, 2.75) is 18.9 Å². The highest BCUT2D eigenvalue weighted by atomic mass is 35.5. The van der Waals surface area contributed by atoms with Crippen LogP contribution in [0.25, 0.3) is 0 Å². The van der Waals surface area contributed by atoms with Gasteiger partial charge in [0.15, 0.2) is 11.5 Å². The zero-order chi connectivity index (χ0) is 17.1. The van der Waals surface area contributed by atoms with Gasteiger partial charge < -0.3 is 16.0 Å². The predicted molar refractivity (Wildman–Crippen MR) is 90.7 cm³/mol. The molecule has 1 aromatic heterocycles. The van der Waals surface area contributed by atoms with Crippen molar-refractivity contribution in [1.29, 1.82) is 0 Å². The number of carbonyl (C=O) groups is 2. The number of halogens is 1. The molecule has 0 radical (unpaired) electrons. The van der Waals surface area contributed by atoms with Crippen molar-refractivity contribution in [1.82, 2.24) is 15.3 Å². The molecule has 2 aromatic rings. The normalized spacial score (nSPS) is 17.6. The van der Waals surface area contributed by atoms with E-state index in [2.05, 4.69) is 15.3 Å². The van der Waals surface area contributed by atoms with Gasteiger partial charge in [0.05, 0.1) is 10.7 Å². The van der Waals surface area contributed by atoms with Crippen LogP contribution >= 0.6 is 11.6 Å². The van der Waals surface area contributed by atoms with Gasteiger partial charge in [0.1, 0.15) is 6.04 Å². The second-order valence-electron chi connectivity index (χ2n) is 5.40. The molecule has 24 heavy (non-hydrogen) atoms. The van der Waals surface area contributed by atoms with E-state index in [0.29, 0.717) is 23.7 Å². The first-order chi connectivity index (χ1) is 11.6. The number of hydrogen-bond donors (Lipinski definition) is 2. The molecule has 1 saturated heterocycles. The van der Waals surface area contributed by atoms with Crippen LogP contribution in [0.15, 0.2) is 36.7 Å². The largest absolute Gasteiger partial charge is 0.382 e. The quantitative estimate of drug-likeness (QED) is 0.880. The second kappa shape index (κ2) is 6.84. The molecule has 1 aliphatic rings. The minimum atomic E-state index is -0.649. The van der Waals surface area contributed by atoms with Crippen LogP contribution < -0.4 is 16.0 Å². The number of piperidine rings is 1. The van der Waals surface area contributed by atoms with Gasteiger partial charge in [-0.25, -0.2) is 9.97 Å². The number of anilines is 2. The Balaban J connectivity index is 1.77. The Bertz CT molecular complexity index is 783. The lowest BCUT2D eigenvalue weighted by Gasteiger charge is -2.33. The van der Waals surface area contributed by atoms with Crippen LogP contribution in [0.5, 0.6) is 0 Å². The van der Waals surface area contributed by atoms with Crippen LogP contribution in [0, 0.1) is 0 Å². The highest BCUT2D eigenvalue weighted by Crippen LogP contribution is 2.28. The molecule has 0 bridgehead atoms. The van der Waals surface area contributed by atoms with Crippen molar-refractivity contribution < 1.29 is 9.59 Å². The lowest BCUT2D eigenvalue weighted by molar-refractivity contribution is -0.121. The predicted octanol–water partition coefficient (Wildman–Crippen LogP) is 1.64. The molecular weight excluding hydrogens is 330 g/mol. The van der Waals surface area contributed by atoms with Gasteiger partial charge in [-0.2, -0.15) is 0 Å². The van der Waals surface area contributed by atoms with Gasteiger partial charge in [-0.1, -0.05) is 23.7 Å². The lowest BCUT2D eigenvalue weighted by Crippen LogP contribution is -2.52. The van der Waals surface area contributed by atoms with Crippen molar-refractivity contribution in [2.75, 3.05) is 17.2 Å². The number of amides is 2. The number of nitrogens with one attached hydrogen (secondary N) is 1. The molecule has 124 valence electrons. The Hall–Kier alpha value is -2.67. The number of benzene rings is 1. The Labute approximate surface area is 143 Å². The summed E-state index contributed by atoms with van der Waals surface area (Å²) in [4.78, 5) is 34.4. The number of nitrogen functional groups attached to an aromatic ring is 1. The first-order valence-electron chi connectivity index (χ1n) is 7.51. The summed E-state index contributed by atoms with van der Waals surface area (Å²) in [7, 11) is 0. The van der Waals surface area contributed by atoms with Gasteiger partial charge in [0.2, 0.25) is 5.91 Å². The summed E-state index contributed by atoms with van der Waals surface area (Å²) >= 11 is 6.18. The smallest absolute Gasteiger partial charge is 0.274 e. The number of rotatable bonds is 3. The molecule has 1 atom stereocenters. The molecular formula is C16H16ClN5O2. The van der Waals surface area contributed by atoms with Gasteiger partial charge in [0, 0.05) is 18.9 Å². The Morgan fingerprint density at radius 1 is 1.29 bits per heavy atom. The van der Waals surface area contributed by atoms with Crippen molar-refractivity contribution >= 4 is 34.9 Å². The Kier molecular flexibility index (Phi) is 4.61. The first-order valence-corrected chi connectivity index (χ1v) is 7.89. The van der Waals surface area contributed by atoms with Crippen LogP contribution in [0.3, 0.4) is 0 Å². The lowest BCUT2D eigenvalue weighted by atomic mass is 10.0. The maximum atomic E-state index is 12.7. The van der Waals surface area contributed by atoms with Gasteiger partial charge in [-0.05, 0) is 25.0 Å². The minimum absolute atomic E-state index is 0.0140. The van der Waals surface area contributed by atoms with Gasteiger partial charge >= 0.3 is 0 Å². The Morgan fingerprint density at radius 2 is 2.04 bits per heavy atom. The summed E-state index contributed by atoms with van der Waals surface area (Å²) in [6.07, 6.45) is 4.07. The maximum Gasteiger partial charge on any atom is 0.274 e. The topological polar surface area (TPSA) is 101 Å². The molecule has 1 unspecified atom stereocenters. The van der Waals surface area contributed by atoms with Gasteiger partial charge in [-0.15, -0.1) is 0 Å². The van der Waals surface area contributed by atoms with E-state index in [1.165, 1.54) is 12.4 Å². The average Bonchev–Trinajstić information content (AvgIpc) is 2.58. The van der Waals surface area contributed by atoms with Crippen LogP contribution in [0.1, 0.15) is 23.3 Å². The van der Waals surface area contributed by atoms with E-state index in [0.717, 1.165) is 6.42 Å². The molecule has 7 nitrogen and oxygen atoms in total. The summed E-state index contributed by atoms with van der Waals surface area (Å²) < 4.78 is 0. The molecule has 3 rings (SSSR count). The van der Waals surface area contributed by atoms with Crippen LogP contribution in [0.4, 0.5) is 11.5 Å². The van der Waals surface area contributed by atoms with E-state index in [1.54, 1.807) is 23.1 Å². The zero-order valence-corrected chi connectivity index (χ0v) is 13.5. The van der Waals surface area contributed by atoms with Crippen molar-refractivity contribution in [2.24, 2.45) is 0 Å². The molecule has 0 spiro atoms. The fourth-order valence-corrected chi connectivity index (χ4v) is 2.91. The standard InChI is InChI=1S/C16H16ClN5O2/c17-10-4-1-2-6-12(10)22-9-3-5-11(16(22)24)21-15(23)13-14(18)20-8-7-19-13/h1-2,4,6-8,11H,3,5,9H2,(H2,18,20)(H,21,23). The average molecular weight is 346 g/mol. The summed E-state index contributed by atoms with van der Waals surface area (Å²) in [6, 6.07) is 6.48. The minimum Gasteiger partial charge on any atom is -0.382 e. The van der Waals surface area contributed by atoms with E-state index < -0.39 is 11.9 Å². The molecule has 8 heteroatoms. The highest BCUT2D eigenvalue weighted by Gasteiger charge is 2.32. The van der Waals surface area contributed by atoms with Crippen LogP contribution in [-0.4, -0.2) is 34.4 Å². The second-order valence-corrected chi connectivity index (χ2v) is 5.81. The number of nitrogens with zero attached hydrogens (tertiary/aromatic N) is 3. The van der Waals surface area contributed by atoms with E-state index in [-0.39, 0.29) is 17.4 Å². The number of hydrogen-bond acceptors (Lipinski definition) is 5. The molecule has 0 saturated carbocycles. The van der Waals surface area contributed by atoms with Gasteiger partial charge in [0.25, 0.3) is 5.91 Å². The molecule has 1 aromatic carbocycles. The Morgan fingerprint density at radius 3 is 2.79 bits per heavy atom. The highest BCUT2D eigenvalue weighted by molar-refractivity contribution is 6.33. The number of nitrogens with two attached hydrogens (primary N) is 1. The SMILES string of the molecule is Nc1nccnc1C(=O)NC1CCCN(c2ccccc2Cl)C1=O. The summed E-state index contributed by atoms with van der Waals surface area (Å²) in [6.45, 7) is 0.558. The molecule has 1 fully saturated rings. The van der Waals surface area contributed by atoms with Gasteiger partial charge in [-0.3, -0.25) is 9.59 Å². The molecule has 3 N–H and O–H groups in total. The van der Waals surface area contributed by atoms with E-state index in [1.807, 2.05) is 6.07 Å². The number of aromatic nitrogens is 2. The summed E-state index contributed by atoms with van der Waals surface area (Å²) in [5.41, 5.74) is 6.31. The molecule has 1 aliphatic heterocycles.